The third-order valence-corrected chi connectivity index (χ3v) is 26.0. The monoisotopic (exact) mass is 1490 g/mol. The molecule has 0 saturated carbocycles. The van der Waals surface area contributed by atoms with Crippen LogP contribution < -0.4 is 20.2 Å². The summed E-state index contributed by atoms with van der Waals surface area (Å²) >= 11 is 9.07. The molecule has 12 heteroatoms. The Kier molecular flexibility index (Phi) is 27.4. The Balaban J connectivity index is 0.000000105. The smallest absolute Gasteiger partial charge is 0.134 e. The van der Waals surface area contributed by atoms with Gasteiger partial charge >= 0.3 is 0 Å². The normalized spacial score (nSPS) is 13.0. The second-order valence-electron chi connectivity index (χ2n) is 25.7. The van der Waals surface area contributed by atoms with Crippen LogP contribution in [0.2, 0.25) is 0 Å². The zero-order valence-electron chi connectivity index (χ0n) is 59.8. The van der Waals surface area contributed by atoms with Crippen LogP contribution in [-0.4, -0.2) is 46.7 Å². The maximum absolute atomic E-state index is 5.25. The van der Waals surface area contributed by atoms with Crippen LogP contribution in [0.4, 0.5) is 11.4 Å². The van der Waals surface area contributed by atoms with Crippen LogP contribution in [0.25, 0.3) is 65.2 Å². The molecule has 1 aliphatic carbocycles. The zero-order valence-corrected chi connectivity index (χ0v) is 65.3. The Labute approximate surface area is 647 Å². The Morgan fingerprint density at radius 3 is 1.37 bits per heavy atom. The molecular formula is C94H86N4O2S5Si. The highest BCUT2D eigenvalue weighted by molar-refractivity contribution is 8.33. The summed E-state index contributed by atoms with van der Waals surface area (Å²) in [5.74, 6) is 0. The summed E-state index contributed by atoms with van der Waals surface area (Å²) in [7, 11) is 3.91. The number of furan rings is 2. The first-order chi connectivity index (χ1) is 52.4. The maximum atomic E-state index is 5.25. The lowest BCUT2D eigenvalue weighted by atomic mass is 9.92. The van der Waals surface area contributed by atoms with Gasteiger partial charge in [0, 0.05) is 78.1 Å². The van der Waals surface area contributed by atoms with Crippen molar-refractivity contribution in [3.8, 4) is 22.3 Å². The summed E-state index contributed by atoms with van der Waals surface area (Å²) < 4.78 is 14.7. The minimum atomic E-state index is -0.160. The number of thiophene rings is 1. The lowest BCUT2D eigenvalue weighted by Gasteiger charge is -2.36. The van der Waals surface area contributed by atoms with Gasteiger partial charge in [0.25, 0.3) is 0 Å². The van der Waals surface area contributed by atoms with Crippen LogP contribution in [0.5, 0.6) is 0 Å². The van der Waals surface area contributed by atoms with E-state index in [0.29, 0.717) is 0 Å². The predicted octanol–water partition coefficient (Wildman–Crippen LogP) is 24.7. The van der Waals surface area contributed by atoms with Crippen LogP contribution in [0, 0.1) is 0 Å². The van der Waals surface area contributed by atoms with Gasteiger partial charge in [0.05, 0.1) is 30.5 Å². The molecule has 2 N–H and O–H groups in total. The quantitative estimate of drug-likeness (QED) is 0.170. The minimum Gasteiger partial charge on any atom is -0.464 e. The van der Waals surface area contributed by atoms with E-state index < -0.39 is 0 Å². The number of H-pyrrole nitrogens is 2. The molecule has 10 heterocycles. The molecule has 0 radical (unpaired) electrons. The molecule has 16 aromatic rings. The van der Waals surface area contributed by atoms with Gasteiger partial charge in [-0.1, -0.05) is 288 Å². The fourth-order valence-corrected chi connectivity index (χ4v) is 20.0. The van der Waals surface area contributed by atoms with Gasteiger partial charge in [-0.05, 0) is 205 Å². The van der Waals surface area contributed by atoms with Gasteiger partial charge in [0.1, 0.15) is 11.2 Å². The van der Waals surface area contributed by atoms with Crippen molar-refractivity contribution >= 4 is 133 Å². The Hall–Kier alpha value is -10.3. The van der Waals surface area contributed by atoms with Crippen molar-refractivity contribution in [1.29, 1.82) is 0 Å². The molecule has 11 aromatic carbocycles. The van der Waals surface area contributed by atoms with Crippen molar-refractivity contribution in [2.45, 2.75) is 38.5 Å². The molecule has 528 valence electrons. The molecule has 106 heavy (non-hydrogen) atoms. The van der Waals surface area contributed by atoms with Gasteiger partial charge in [-0.25, -0.2) is 0 Å². The summed E-state index contributed by atoms with van der Waals surface area (Å²) in [5, 5.41) is 18.6. The Morgan fingerprint density at radius 2 is 0.868 bits per heavy atom. The van der Waals surface area contributed by atoms with Crippen LogP contribution in [0.3, 0.4) is 0 Å². The van der Waals surface area contributed by atoms with E-state index in [2.05, 4.69) is 283 Å². The molecular weight excluding hydrogens is 1410 g/mol. The summed E-state index contributed by atoms with van der Waals surface area (Å²) in [6.07, 6.45) is 16.5. The number of aryl methyl sites for hydroxylation is 2. The van der Waals surface area contributed by atoms with E-state index >= 15 is 0 Å². The van der Waals surface area contributed by atoms with E-state index in [1.54, 1.807) is 51.1 Å². The van der Waals surface area contributed by atoms with E-state index in [4.69, 9.17) is 8.83 Å². The molecule has 0 bridgehead atoms. The number of para-hydroxylation sites is 3. The number of aromatic amines is 2. The van der Waals surface area contributed by atoms with Crippen molar-refractivity contribution in [2.24, 2.45) is 0 Å². The van der Waals surface area contributed by atoms with Crippen molar-refractivity contribution in [1.82, 2.24) is 9.97 Å². The van der Waals surface area contributed by atoms with E-state index in [-0.39, 0.29) is 9.52 Å². The minimum absolute atomic E-state index is 0.160. The highest BCUT2D eigenvalue weighted by Crippen LogP contribution is 2.50. The number of hydrogen-bond donors (Lipinski definition) is 2. The third kappa shape index (κ3) is 20.8. The van der Waals surface area contributed by atoms with Crippen LogP contribution in [0.1, 0.15) is 46.2 Å². The number of hydrogen-bond acceptors (Lipinski definition) is 9. The van der Waals surface area contributed by atoms with Crippen molar-refractivity contribution < 1.29 is 8.83 Å². The standard InChI is InChI=1S/C13H10.C13H12.C12H15N.C12H10Si.C10H6O2.C8H7N.C8H11N.C8H6S.C6H4S4.C4H5N/c1-3-7-12-10(5-1)9-11-6-2-4-8-13(11)12;1-3-7-12(8-4-1)11-13-9-5-2-6-10-13;1-4-10-6-2-8-13-9-3-7-11(5-1)12(10)13;1-3-7-11-9(5-1)10-6-2-4-8-12(10)13-11;1-3-11-9-6-8-2-4-12-10(8)5-7(1)9;1-2-4-8-7(3-1)5-6-9-8;1-9(2)8-6-4-3-5-7-8;1-2-4-8-7(3-1)5-6-9-8;1-2-8-5(7-1)6-9-3-4-10-6;1-2-4-5-3-1/h1-8H,9H2;1-10H,11H2;1,4-5H,2-3,6-9H2;1-8H,13H2;1-6H;1-6,9H;3-7H,1-2H3;1-6H;1-4H;1-5H. The number of nitrogens with one attached hydrogen (secondary N) is 2. The number of anilines is 2. The average Bonchev–Trinajstić information content (AvgIpc) is 1.66. The Bertz CT molecular complexity index is 4910. The Morgan fingerprint density at radius 1 is 0.406 bits per heavy atom. The number of thioether (sulfide) groups is 4. The predicted molar refractivity (Wildman–Crippen MR) is 469 cm³/mol. The number of benzene rings is 11. The van der Waals surface area contributed by atoms with E-state index in [0.717, 1.165) is 34.8 Å². The van der Waals surface area contributed by atoms with Crippen molar-refractivity contribution in [2.75, 3.05) is 37.0 Å². The highest BCUT2D eigenvalue weighted by Gasteiger charge is 2.23. The molecule has 0 atom stereocenters. The van der Waals surface area contributed by atoms with Crippen molar-refractivity contribution in [3.05, 3.63) is 403 Å². The van der Waals surface area contributed by atoms with E-state index in [9.17, 15) is 0 Å². The molecule has 0 fully saturated rings. The SMILES string of the molecule is C1=CSC(=C2SC=CS2)S1.CN(C)c1ccccc1.c1cc2c3c(c1)CCCN3CCC2.c1cc2cc3occc3cc2o1.c1cc[nH]c1.c1ccc(Cc2ccccc2)cc1.c1ccc2[nH]ccc2c1.c1ccc2c(c1)Cc1ccccc1-2.c1ccc2c(c1)[SiH2]c1ccccc1-2.c1ccc2sccc2c1. The lowest BCUT2D eigenvalue weighted by molar-refractivity contribution is 0.612. The lowest BCUT2D eigenvalue weighted by Crippen LogP contribution is -2.34. The topological polar surface area (TPSA) is 64.3 Å². The number of fused-ring (bicyclic) bond motifs is 10. The van der Waals surface area contributed by atoms with Gasteiger partial charge in [-0.3, -0.25) is 0 Å². The van der Waals surface area contributed by atoms with Crippen LogP contribution in [0.15, 0.2) is 379 Å². The fraction of sp³-hybridized carbons (Fsp3) is 0.106. The van der Waals surface area contributed by atoms with Gasteiger partial charge in [0.15, 0.2) is 0 Å². The number of aromatic nitrogens is 2. The first kappa shape index (κ1) is 74.0. The molecule has 22 rings (SSSR count). The second kappa shape index (κ2) is 39.2. The van der Waals surface area contributed by atoms with E-state index in [1.807, 2.05) is 146 Å². The summed E-state index contributed by atoms with van der Waals surface area (Å²) in [6.45, 7) is 2.56. The van der Waals surface area contributed by atoms with Gasteiger partial charge in [-0.2, -0.15) is 0 Å². The first-order valence-corrected chi connectivity index (χ1v) is 41.8. The largest absolute Gasteiger partial charge is 0.464 e. The van der Waals surface area contributed by atoms with Crippen LogP contribution in [-0.2, 0) is 25.7 Å². The van der Waals surface area contributed by atoms with E-state index in [1.165, 1.54) is 118 Å². The fourth-order valence-electron chi connectivity index (χ4n) is 13.2. The highest BCUT2D eigenvalue weighted by atomic mass is 32.2. The molecule has 5 aliphatic heterocycles. The molecule has 6 aliphatic rings. The summed E-state index contributed by atoms with van der Waals surface area (Å²) in [6, 6.07) is 106. The maximum Gasteiger partial charge on any atom is 0.134 e. The molecule has 0 spiro atoms. The summed E-state index contributed by atoms with van der Waals surface area (Å²) in [5.41, 5.74) is 20.5. The van der Waals surface area contributed by atoms with Crippen molar-refractivity contribution in [3.63, 3.8) is 0 Å². The second-order valence-corrected chi connectivity index (χ2v) is 32.8. The molecule has 0 saturated heterocycles. The zero-order chi connectivity index (χ0) is 72.2. The van der Waals surface area contributed by atoms with Gasteiger partial charge in [0.2, 0.25) is 0 Å². The molecule has 0 amide bonds. The molecule has 5 aromatic heterocycles. The van der Waals surface area contributed by atoms with Crippen LogP contribution >= 0.6 is 58.4 Å². The first-order valence-electron chi connectivity index (χ1n) is 36.0. The number of rotatable bonds is 3. The van der Waals surface area contributed by atoms with Gasteiger partial charge in [-0.15, -0.1) is 11.3 Å². The number of nitrogens with zero attached hydrogens (tertiary/aromatic N) is 2. The van der Waals surface area contributed by atoms with Gasteiger partial charge < -0.3 is 28.6 Å². The third-order valence-electron chi connectivity index (χ3n) is 18.4. The summed E-state index contributed by atoms with van der Waals surface area (Å²) in [4.78, 5) is 10.6. The molecule has 6 nitrogen and oxygen atoms in total. The molecule has 0 unspecified atom stereocenters. The average molecular weight is 1490 g/mol.